The first-order chi connectivity index (χ1) is 14.2. The van der Waals surface area contributed by atoms with E-state index < -0.39 is 5.60 Å². The number of phenols is 1. The number of nitrogens with zero attached hydrogens (tertiary/aromatic N) is 1. The van der Waals surface area contributed by atoms with Crippen molar-refractivity contribution in [3.8, 4) is 17.2 Å². The van der Waals surface area contributed by atoms with E-state index in [2.05, 4.69) is 11.9 Å². The van der Waals surface area contributed by atoms with Gasteiger partial charge in [-0.1, -0.05) is 23.5 Å². The number of fused-ring (bicyclic) bond motifs is 1. The van der Waals surface area contributed by atoms with E-state index in [9.17, 15) is 5.11 Å². The topological polar surface area (TPSA) is 104 Å². The van der Waals surface area contributed by atoms with Gasteiger partial charge in [-0.2, -0.15) is 0 Å². The van der Waals surface area contributed by atoms with Gasteiger partial charge in [0.2, 0.25) is 0 Å². The minimum absolute atomic E-state index is 0.361. The van der Waals surface area contributed by atoms with Crippen LogP contribution in [0.4, 0.5) is 10.9 Å². The quantitative estimate of drug-likeness (QED) is 0.560. The minimum atomic E-state index is -0.420. The lowest BCUT2D eigenvalue weighted by atomic mass is 9.89. The highest BCUT2D eigenvalue weighted by atomic mass is 32.1. The summed E-state index contributed by atoms with van der Waals surface area (Å²) >= 11 is 1.42. The number of thiazole rings is 1. The van der Waals surface area contributed by atoms with Gasteiger partial charge in [-0.15, -0.1) is 0 Å². The molecule has 1 aromatic heterocycles. The first-order valence-corrected chi connectivity index (χ1v) is 10.8. The highest BCUT2D eigenvalue weighted by Crippen LogP contribution is 2.40. The van der Waals surface area contributed by atoms with Crippen molar-refractivity contribution in [1.82, 2.24) is 4.98 Å². The SMILES string of the molecule is Cc1cc2c(c(C)c1O)CCC(C)(COc1ccc(Cc3sc(N)nc3N)cc1)O2. The molecule has 0 saturated carbocycles. The number of nitrogens with two attached hydrogens (primary N) is 2. The van der Waals surface area contributed by atoms with Gasteiger partial charge >= 0.3 is 0 Å². The third kappa shape index (κ3) is 4.03. The second-order valence-corrected chi connectivity index (χ2v) is 9.28. The maximum Gasteiger partial charge on any atom is 0.182 e. The van der Waals surface area contributed by atoms with E-state index in [4.69, 9.17) is 20.9 Å². The molecule has 6 nitrogen and oxygen atoms in total. The average molecular weight is 426 g/mol. The summed E-state index contributed by atoms with van der Waals surface area (Å²) in [6.45, 7) is 6.35. The molecule has 0 bridgehead atoms. The van der Waals surface area contributed by atoms with Crippen LogP contribution in [0.25, 0.3) is 0 Å². The van der Waals surface area contributed by atoms with Crippen molar-refractivity contribution in [1.29, 1.82) is 0 Å². The van der Waals surface area contributed by atoms with Gasteiger partial charge in [0.25, 0.3) is 0 Å². The maximum absolute atomic E-state index is 10.2. The number of anilines is 2. The minimum Gasteiger partial charge on any atom is -0.507 e. The molecule has 3 aromatic rings. The maximum atomic E-state index is 10.2. The molecule has 1 atom stereocenters. The molecule has 158 valence electrons. The average Bonchev–Trinajstić information content (AvgIpc) is 3.02. The largest absolute Gasteiger partial charge is 0.507 e. The lowest BCUT2D eigenvalue weighted by Crippen LogP contribution is -2.42. The Kier molecular flexibility index (Phi) is 5.24. The van der Waals surface area contributed by atoms with Crippen molar-refractivity contribution < 1.29 is 14.6 Å². The second-order valence-electron chi connectivity index (χ2n) is 8.17. The summed E-state index contributed by atoms with van der Waals surface area (Å²) in [6.07, 6.45) is 2.38. The fourth-order valence-electron chi connectivity index (χ4n) is 3.82. The van der Waals surface area contributed by atoms with Crippen molar-refractivity contribution in [3.63, 3.8) is 0 Å². The predicted octanol–water partition coefficient (Wildman–Crippen LogP) is 4.38. The Morgan fingerprint density at radius 2 is 1.97 bits per heavy atom. The summed E-state index contributed by atoms with van der Waals surface area (Å²) in [5.74, 6) is 2.50. The Morgan fingerprint density at radius 1 is 1.23 bits per heavy atom. The summed E-state index contributed by atoms with van der Waals surface area (Å²) < 4.78 is 12.4. The summed E-state index contributed by atoms with van der Waals surface area (Å²) in [5, 5.41) is 10.7. The van der Waals surface area contributed by atoms with Gasteiger partial charge in [-0.25, -0.2) is 4.98 Å². The lowest BCUT2D eigenvalue weighted by molar-refractivity contribution is 0.0173. The van der Waals surface area contributed by atoms with E-state index in [-0.39, 0.29) is 0 Å². The molecular weight excluding hydrogens is 398 g/mol. The number of phenolic OH excluding ortho intramolecular Hbond substituents is 1. The van der Waals surface area contributed by atoms with Crippen LogP contribution in [0.3, 0.4) is 0 Å². The van der Waals surface area contributed by atoms with Crippen LogP contribution in [0.5, 0.6) is 17.2 Å². The number of ether oxygens (including phenoxy) is 2. The number of benzene rings is 2. The molecule has 4 rings (SSSR count). The summed E-state index contributed by atoms with van der Waals surface area (Å²) in [5.41, 5.74) is 15.1. The van der Waals surface area contributed by atoms with Crippen LogP contribution in [0.1, 0.15) is 40.5 Å². The van der Waals surface area contributed by atoms with Crippen molar-refractivity contribution in [2.75, 3.05) is 18.1 Å². The fourth-order valence-corrected chi connectivity index (χ4v) is 4.60. The van der Waals surface area contributed by atoms with E-state index in [1.807, 2.05) is 44.2 Å². The van der Waals surface area contributed by atoms with Gasteiger partial charge in [-0.05, 0) is 68.5 Å². The number of hydrogen-bond donors (Lipinski definition) is 3. The fraction of sp³-hybridized carbons (Fsp3) is 0.348. The number of rotatable bonds is 5. The first-order valence-electron chi connectivity index (χ1n) is 9.97. The molecule has 1 aliphatic rings. The highest BCUT2D eigenvalue weighted by Gasteiger charge is 2.34. The van der Waals surface area contributed by atoms with Crippen molar-refractivity contribution in [2.24, 2.45) is 0 Å². The standard InChI is InChI=1S/C23H27N3O3S/c1-13-10-18-17(14(2)20(13)27)8-9-23(3,29-18)12-28-16-6-4-15(5-7-16)11-19-21(24)26-22(25)30-19/h4-7,10,27H,8-9,11-12,24H2,1-3H3,(H2,25,26). The van der Waals surface area contributed by atoms with Crippen LogP contribution in [-0.4, -0.2) is 22.3 Å². The summed E-state index contributed by atoms with van der Waals surface area (Å²) in [7, 11) is 0. The molecule has 0 radical (unpaired) electrons. The molecule has 0 fully saturated rings. The molecule has 0 aliphatic carbocycles. The monoisotopic (exact) mass is 425 g/mol. The van der Waals surface area contributed by atoms with Gasteiger partial charge in [0.1, 0.15) is 35.3 Å². The summed E-state index contributed by atoms with van der Waals surface area (Å²) in [4.78, 5) is 5.04. The van der Waals surface area contributed by atoms with Gasteiger partial charge in [-0.3, -0.25) is 0 Å². The third-order valence-electron chi connectivity index (χ3n) is 5.66. The van der Waals surface area contributed by atoms with Crippen molar-refractivity contribution >= 4 is 22.3 Å². The van der Waals surface area contributed by atoms with Crippen molar-refractivity contribution in [3.05, 3.63) is 57.5 Å². The van der Waals surface area contributed by atoms with Gasteiger partial charge in [0.15, 0.2) is 5.13 Å². The zero-order valence-corrected chi connectivity index (χ0v) is 18.3. The molecule has 30 heavy (non-hydrogen) atoms. The molecule has 2 heterocycles. The number of aromatic hydroxyl groups is 1. The molecule has 5 N–H and O–H groups in total. The van der Waals surface area contributed by atoms with E-state index in [1.165, 1.54) is 11.3 Å². The molecular formula is C23H27N3O3S. The molecule has 0 saturated heterocycles. The van der Waals surface area contributed by atoms with Crippen LogP contribution in [0, 0.1) is 13.8 Å². The third-order valence-corrected chi connectivity index (χ3v) is 6.56. The van der Waals surface area contributed by atoms with Crippen LogP contribution < -0.4 is 20.9 Å². The smallest absolute Gasteiger partial charge is 0.182 e. The van der Waals surface area contributed by atoms with E-state index >= 15 is 0 Å². The van der Waals surface area contributed by atoms with Crippen LogP contribution in [0.2, 0.25) is 0 Å². The first kappa shape index (κ1) is 20.3. The van der Waals surface area contributed by atoms with E-state index in [0.29, 0.717) is 29.7 Å². The van der Waals surface area contributed by atoms with Crippen LogP contribution >= 0.6 is 11.3 Å². The Morgan fingerprint density at radius 3 is 2.63 bits per heavy atom. The van der Waals surface area contributed by atoms with Gasteiger partial charge < -0.3 is 26.0 Å². The highest BCUT2D eigenvalue weighted by molar-refractivity contribution is 7.15. The van der Waals surface area contributed by atoms with E-state index in [1.54, 1.807) is 0 Å². The van der Waals surface area contributed by atoms with Gasteiger partial charge in [0, 0.05) is 12.0 Å². The van der Waals surface area contributed by atoms with Crippen molar-refractivity contribution in [2.45, 2.75) is 45.6 Å². The zero-order valence-electron chi connectivity index (χ0n) is 17.5. The normalized spacial score (nSPS) is 18.0. The Labute approximate surface area is 180 Å². The molecule has 0 spiro atoms. The van der Waals surface area contributed by atoms with Gasteiger partial charge in [0.05, 0.1) is 4.88 Å². The molecule has 2 aromatic carbocycles. The number of hydrogen-bond acceptors (Lipinski definition) is 7. The lowest BCUT2D eigenvalue weighted by Gasteiger charge is -2.36. The second kappa shape index (κ2) is 7.72. The number of aromatic nitrogens is 1. The van der Waals surface area contributed by atoms with E-state index in [0.717, 1.165) is 51.5 Å². The number of nitrogen functional groups attached to an aromatic ring is 2. The summed E-state index contributed by atoms with van der Waals surface area (Å²) in [6, 6.07) is 9.89. The molecule has 1 aliphatic heterocycles. The molecule has 1 unspecified atom stereocenters. The molecule has 0 amide bonds. The Hall–Kier alpha value is -2.93. The van der Waals surface area contributed by atoms with Crippen LogP contribution in [-0.2, 0) is 12.8 Å². The zero-order chi connectivity index (χ0) is 21.5. The molecule has 7 heteroatoms. The van der Waals surface area contributed by atoms with Crippen LogP contribution in [0.15, 0.2) is 30.3 Å². The Balaban J connectivity index is 1.40. The Bertz CT molecular complexity index is 1080. The number of aryl methyl sites for hydroxylation is 1. The predicted molar refractivity (Wildman–Crippen MR) is 121 cm³/mol.